The number of alkyl halides is 3. The second-order valence-corrected chi connectivity index (χ2v) is 6.56. The van der Waals surface area contributed by atoms with Crippen molar-refractivity contribution in [3.63, 3.8) is 0 Å². The molecule has 1 aliphatic heterocycles. The predicted molar refractivity (Wildman–Crippen MR) is 78.1 cm³/mol. The van der Waals surface area contributed by atoms with Crippen LogP contribution in [-0.4, -0.2) is 23.2 Å². The van der Waals surface area contributed by atoms with Crippen LogP contribution in [0.5, 0.6) is 0 Å². The summed E-state index contributed by atoms with van der Waals surface area (Å²) >= 11 is -0.136. The average Bonchev–Trinajstić information content (AvgIpc) is 2.46. The highest BCUT2D eigenvalue weighted by atomic mass is 32.2. The van der Waals surface area contributed by atoms with Crippen molar-refractivity contribution in [2.24, 2.45) is 5.92 Å². The van der Waals surface area contributed by atoms with Gasteiger partial charge in [-0.05, 0) is 54.8 Å². The molecule has 0 aromatic heterocycles. The SMILES string of the molecule is CCC1CCNC(C(O)c2ccc(SC(F)(F)F)cc2)C1. The Morgan fingerprint density at radius 3 is 2.57 bits per heavy atom. The summed E-state index contributed by atoms with van der Waals surface area (Å²) in [6, 6.07) is 5.96. The summed E-state index contributed by atoms with van der Waals surface area (Å²) in [5.41, 5.74) is -3.62. The van der Waals surface area contributed by atoms with E-state index in [2.05, 4.69) is 12.2 Å². The van der Waals surface area contributed by atoms with Crippen molar-refractivity contribution in [2.75, 3.05) is 6.54 Å². The van der Waals surface area contributed by atoms with Crippen LogP contribution in [0.15, 0.2) is 29.2 Å². The molecule has 2 nitrogen and oxygen atoms in total. The van der Waals surface area contributed by atoms with Crippen LogP contribution in [0.4, 0.5) is 13.2 Å². The van der Waals surface area contributed by atoms with Crippen molar-refractivity contribution in [2.45, 2.75) is 48.7 Å². The minimum atomic E-state index is -4.28. The number of thioether (sulfide) groups is 1. The lowest BCUT2D eigenvalue weighted by Crippen LogP contribution is -2.42. The molecule has 3 atom stereocenters. The lowest BCUT2D eigenvalue weighted by Gasteiger charge is -2.33. The maximum atomic E-state index is 12.3. The molecule has 0 bridgehead atoms. The number of hydrogen-bond acceptors (Lipinski definition) is 3. The van der Waals surface area contributed by atoms with Crippen molar-refractivity contribution in [1.82, 2.24) is 5.32 Å². The quantitative estimate of drug-likeness (QED) is 0.819. The zero-order valence-corrected chi connectivity index (χ0v) is 12.7. The van der Waals surface area contributed by atoms with E-state index in [0.717, 1.165) is 25.8 Å². The van der Waals surface area contributed by atoms with Gasteiger partial charge in [0, 0.05) is 10.9 Å². The van der Waals surface area contributed by atoms with Crippen molar-refractivity contribution in [3.8, 4) is 0 Å². The Hall–Kier alpha value is -0.720. The first-order valence-corrected chi connectivity index (χ1v) is 7.98. The number of halogens is 3. The van der Waals surface area contributed by atoms with E-state index >= 15 is 0 Å². The third-order valence-corrected chi connectivity index (χ3v) is 4.70. The molecule has 6 heteroatoms. The molecule has 1 aliphatic rings. The second kappa shape index (κ2) is 7.03. The molecule has 0 aliphatic carbocycles. The van der Waals surface area contributed by atoms with E-state index in [9.17, 15) is 18.3 Å². The van der Waals surface area contributed by atoms with E-state index in [0.29, 0.717) is 11.5 Å². The third kappa shape index (κ3) is 4.90. The van der Waals surface area contributed by atoms with E-state index in [1.54, 1.807) is 12.1 Å². The second-order valence-electron chi connectivity index (χ2n) is 5.42. The van der Waals surface area contributed by atoms with Gasteiger partial charge in [0.15, 0.2) is 0 Å². The Labute approximate surface area is 127 Å². The third-order valence-electron chi connectivity index (χ3n) is 3.96. The predicted octanol–water partition coefficient (Wildman–Crippen LogP) is 4.11. The summed E-state index contributed by atoms with van der Waals surface area (Å²) in [6.45, 7) is 3.02. The maximum absolute atomic E-state index is 12.3. The van der Waals surface area contributed by atoms with Crippen LogP contribution in [0.25, 0.3) is 0 Å². The van der Waals surface area contributed by atoms with Gasteiger partial charge in [0.25, 0.3) is 0 Å². The number of hydrogen-bond donors (Lipinski definition) is 2. The highest BCUT2D eigenvalue weighted by molar-refractivity contribution is 8.00. The van der Waals surface area contributed by atoms with Gasteiger partial charge in [0.2, 0.25) is 0 Å². The number of piperidine rings is 1. The number of aliphatic hydroxyl groups is 1. The molecule has 1 heterocycles. The summed E-state index contributed by atoms with van der Waals surface area (Å²) in [4.78, 5) is 0.140. The normalized spacial score (nSPS) is 24.8. The van der Waals surface area contributed by atoms with Gasteiger partial charge >= 0.3 is 5.51 Å². The van der Waals surface area contributed by atoms with Crippen molar-refractivity contribution >= 4 is 11.8 Å². The van der Waals surface area contributed by atoms with E-state index in [4.69, 9.17) is 0 Å². The number of nitrogens with one attached hydrogen (secondary N) is 1. The Kier molecular flexibility index (Phi) is 5.57. The number of rotatable bonds is 4. The Morgan fingerprint density at radius 2 is 2.00 bits per heavy atom. The lowest BCUT2D eigenvalue weighted by atomic mass is 9.86. The average molecular weight is 319 g/mol. The van der Waals surface area contributed by atoms with E-state index in [1.165, 1.54) is 12.1 Å². The summed E-state index contributed by atoms with van der Waals surface area (Å²) in [7, 11) is 0. The van der Waals surface area contributed by atoms with Crippen LogP contribution in [0.3, 0.4) is 0 Å². The first-order chi connectivity index (χ1) is 9.89. The van der Waals surface area contributed by atoms with Crippen LogP contribution in [-0.2, 0) is 0 Å². The molecule has 0 saturated carbocycles. The van der Waals surface area contributed by atoms with Gasteiger partial charge < -0.3 is 10.4 Å². The van der Waals surface area contributed by atoms with Crippen LogP contribution in [0, 0.1) is 5.92 Å². The first kappa shape index (κ1) is 16.6. The fourth-order valence-electron chi connectivity index (χ4n) is 2.74. The zero-order chi connectivity index (χ0) is 15.5. The number of aliphatic hydroxyl groups excluding tert-OH is 1. The molecule has 0 radical (unpaired) electrons. The molecule has 1 aromatic rings. The zero-order valence-electron chi connectivity index (χ0n) is 11.9. The molecule has 1 fully saturated rings. The molecule has 3 unspecified atom stereocenters. The molecule has 0 amide bonds. The van der Waals surface area contributed by atoms with E-state index < -0.39 is 11.6 Å². The molecule has 21 heavy (non-hydrogen) atoms. The fourth-order valence-corrected chi connectivity index (χ4v) is 3.28. The van der Waals surface area contributed by atoms with Crippen LogP contribution >= 0.6 is 11.8 Å². The van der Waals surface area contributed by atoms with E-state index in [1.807, 2.05) is 0 Å². The molecule has 2 rings (SSSR count). The van der Waals surface area contributed by atoms with Gasteiger partial charge in [0.05, 0.1) is 6.10 Å². The van der Waals surface area contributed by atoms with Crippen LogP contribution < -0.4 is 5.32 Å². The first-order valence-electron chi connectivity index (χ1n) is 7.16. The van der Waals surface area contributed by atoms with Crippen molar-refractivity contribution < 1.29 is 18.3 Å². The smallest absolute Gasteiger partial charge is 0.387 e. The van der Waals surface area contributed by atoms with Gasteiger partial charge in [-0.3, -0.25) is 0 Å². The highest BCUT2D eigenvalue weighted by Gasteiger charge is 2.30. The minimum absolute atomic E-state index is 0.0233. The van der Waals surface area contributed by atoms with Crippen LogP contribution in [0.2, 0.25) is 0 Å². The van der Waals surface area contributed by atoms with Gasteiger partial charge in [-0.15, -0.1) is 0 Å². The standard InChI is InChI=1S/C15H20F3NOS/c1-2-10-7-8-19-13(9-10)14(20)11-3-5-12(6-4-11)21-15(16,17)18/h3-6,10,13-14,19-20H,2,7-9H2,1H3. The fraction of sp³-hybridized carbons (Fsp3) is 0.600. The molecular formula is C15H20F3NOS. The molecule has 2 N–H and O–H groups in total. The highest BCUT2D eigenvalue weighted by Crippen LogP contribution is 2.37. The lowest BCUT2D eigenvalue weighted by molar-refractivity contribution is -0.0328. The Bertz CT molecular complexity index is 449. The summed E-state index contributed by atoms with van der Waals surface area (Å²) < 4.78 is 36.8. The van der Waals surface area contributed by atoms with Gasteiger partial charge in [-0.1, -0.05) is 25.5 Å². The van der Waals surface area contributed by atoms with Gasteiger partial charge in [-0.2, -0.15) is 13.2 Å². The van der Waals surface area contributed by atoms with Crippen LogP contribution in [0.1, 0.15) is 37.9 Å². The monoisotopic (exact) mass is 319 g/mol. The van der Waals surface area contributed by atoms with Crippen molar-refractivity contribution in [1.29, 1.82) is 0 Å². The summed E-state index contributed by atoms with van der Waals surface area (Å²) in [5, 5.41) is 13.7. The van der Waals surface area contributed by atoms with Gasteiger partial charge in [-0.25, -0.2) is 0 Å². The van der Waals surface area contributed by atoms with Crippen molar-refractivity contribution in [3.05, 3.63) is 29.8 Å². The summed E-state index contributed by atoms with van der Waals surface area (Å²) in [6.07, 6.45) is 2.42. The largest absolute Gasteiger partial charge is 0.446 e. The van der Waals surface area contributed by atoms with Gasteiger partial charge in [0.1, 0.15) is 0 Å². The molecule has 1 aromatic carbocycles. The molecule has 0 spiro atoms. The molecular weight excluding hydrogens is 299 g/mol. The Morgan fingerprint density at radius 1 is 1.33 bits per heavy atom. The molecule has 1 saturated heterocycles. The maximum Gasteiger partial charge on any atom is 0.446 e. The Balaban J connectivity index is 2.00. The topological polar surface area (TPSA) is 32.3 Å². The van der Waals surface area contributed by atoms with E-state index in [-0.39, 0.29) is 22.7 Å². The minimum Gasteiger partial charge on any atom is -0.387 e. The number of benzene rings is 1. The summed E-state index contributed by atoms with van der Waals surface area (Å²) in [5.74, 6) is 0.603. The molecule has 118 valence electrons.